The van der Waals surface area contributed by atoms with Crippen LogP contribution >= 0.6 is 23.2 Å². The second-order valence-corrected chi connectivity index (χ2v) is 5.90. The van der Waals surface area contributed by atoms with Crippen LogP contribution in [-0.2, 0) is 5.54 Å². The van der Waals surface area contributed by atoms with Crippen molar-refractivity contribution in [2.24, 2.45) is 0 Å². The lowest BCUT2D eigenvalue weighted by Crippen LogP contribution is -2.41. The molecule has 1 N–H and O–H groups in total. The highest BCUT2D eigenvalue weighted by Gasteiger charge is 2.24. The molecule has 2 aromatic carbocycles. The van der Waals surface area contributed by atoms with Crippen LogP contribution in [-0.4, -0.2) is 5.91 Å². The highest BCUT2D eigenvalue weighted by atomic mass is 35.5. The zero-order valence-corrected chi connectivity index (χ0v) is 12.7. The van der Waals surface area contributed by atoms with Crippen molar-refractivity contribution in [3.05, 3.63) is 69.7 Å². The van der Waals surface area contributed by atoms with E-state index in [0.717, 1.165) is 5.56 Å². The summed E-state index contributed by atoms with van der Waals surface area (Å²) in [6, 6.07) is 15.0. The average Bonchev–Trinajstić information content (AvgIpc) is 2.38. The Morgan fingerprint density at radius 1 is 1.10 bits per heavy atom. The number of rotatable bonds is 3. The maximum absolute atomic E-state index is 12.2. The number of benzene rings is 2. The summed E-state index contributed by atoms with van der Waals surface area (Å²) in [7, 11) is 0. The Hall–Kier alpha value is -1.51. The summed E-state index contributed by atoms with van der Waals surface area (Å²) in [6.45, 7) is 3.81. The van der Waals surface area contributed by atoms with E-state index in [0.29, 0.717) is 15.6 Å². The first-order chi connectivity index (χ1) is 9.38. The van der Waals surface area contributed by atoms with Crippen LogP contribution in [0.15, 0.2) is 42.5 Å². The van der Waals surface area contributed by atoms with Crippen LogP contribution < -0.4 is 5.32 Å². The van der Waals surface area contributed by atoms with Gasteiger partial charge in [0.15, 0.2) is 0 Å². The molecule has 0 aliphatic carbocycles. The van der Waals surface area contributed by atoms with Gasteiger partial charge in [0.2, 0.25) is 0 Å². The molecule has 4 heteroatoms. The Bertz CT molecular complexity index is 603. The molecule has 0 heterocycles. The van der Waals surface area contributed by atoms with Crippen LogP contribution in [0.25, 0.3) is 0 Å². The predicted octanol–water partition coefficient (Wildman–Crippen LogP) is 4.46. The Labute approximate surface area is 128 Å². The second kappa shape index (κ2) is 5.86. The van der Waals surface area contributed by atoms with Gasteiger partial charge in [0, 0.05) is 15.6 Å². The van der Waals surface area contributed by atoms with Gasteiger partial charge in [0.1, 0.15) is 0 Å². The quantitative estimate of drug-likeness (QED) is 0.891. The summed E-state index contributed by atoms with van der Waals surface area (Å²) in [6.07, 6.45) is 0. The van der Waals surface area contributed by atoms with Gasteiger partial charge < -0.3 is 5.32 Å². The Morgan fingerprint density at radius 2 is 1.65 bits per heavy atom. The van der Waals surface area contributed by atoms with Crippen LogP contribution in [0.5, 0.6) is 0 Å². The number of carbonyl (C=O) groups excluding carboxylic acids is 1. The highest BCUT2D eigenvalue weighted by Crippen LogP contribution is 2.27. The zero-order chi connectivity index (χ0) is 14.8. The molecule has 0 aromatic heterocycles. The van der Waals surface area contributed by atoms with E-state index in [1.165, 1.54) is 0 Å². The second-order valence-electron chi connectivity index (χ2n) is 5.03. The molecule has 2 aromatic rings. The summed E-state index contributed by atoms with van der Waals surface area (Å²) in [5.74, 6) is -0.153. The third kappa shape index (κ3) is 3.53. The molecule has 0 atom stereocenters. The molecular weight excluding hydrogens is 293 g/mol. The summed E-state index contributed by atoms with van der Waals surface area (Å²) >= 11 is 12.0. The molecule has 1 amide bonds. The minimum atomic E-state index is -0.578. The van der Waals surface area contributed by atoms with E-state index >= 15 is 0 Å². The lowest BCUT2D eigenvalue weighted by molar-refractivity contribution is 0.0912. The molecule has 0 saturated heterocycles. The topological polar surface area (TPSA) is 29.1 Å². The maximum atomic E-state index is 12.2. The van der Waals surface area contributed by atoms with Crippen molar-refractivity contribution < 1.29 is 4.79 Å². The van der Waals surface area contributed by atoms with Crippen molar-refractivity contribution in [3.63, 3.8) is 0 Å². The van der Waals surface area contributed by atoms with Crippen molar-refractivity contribution >= 4 is 29.1 Å². The monoisotopic (exact) mass is 306 g/mol. The Kier molecular flexibility index (Phi) is 4.36. The van der Waals surface area contributed by atoms with Crippen LogP contribution in [0.2, 0.25) is 10.0 Å². The van der Waals surface area contributed by atoms with Gasteiger partial charge in [-0.1, -0.05) is 35.3 Å². The van der Waals surface area contributed by atoms with E-state index in [1.54, 1.807) is 42.5 Å². The number of hydrogen-bond acceptors (Lipinski definition) is 1. The van der Waals surface area contributed by atoms with Gasteiger partial charge in [0.25, 0.3) is 5.91 Å². The number of hydrogen-bond donors (Lipinski definition) is 1. The number of nitrogens with one attached hydrogen (secondary N) is 1. The van der Waals surface area contributed by atoms with E-state index in [9.17, 15) is 4.79 Å². The van der Waals surface area contributed by atoms with E-state index in [2.05, 4.69) is 11.4 Å². The van der Waals surface area contributed by atoms with Gasteiger partial charge in [-0.15, -0.1) is 0 Å². The van der Waals surface area contributed by atoms with E-state index in [-0.39, 0.29) is 5.91 Å². The third-order valence-electron chi connectivity index (χ3n) is 2.99. The van der Waals surface area contributed by atoms with Crippen LogP contribution in [0.3, 0.4) is 0 Å². The van der Waals surface area contributed by atoms with E-state index in [1.807, 2.05) is 13.8 Å². The number of carbonyl (C=O) groups is 1. The van der Waals surface area contributed by atoms with Crippen LogP contribution in [0.4, 0.5) is 0 Å². The summed E-state index contributed by atoms with van der Waals surface area (Å²) in [4.78, 5) is 12.2. The van der Waals surface area contributed by atoms with Gasteiger partial charge in [0.05, 0.1) is 5.54 Å². The molecule has 1 radical (unpaired) electrons. The minimum absolute atomic E-state index is 0.153. The third-order valence-corrected chi connectivity index (χ3v) is 3.43. The first-order valence-corrected chi connectivity index (χ1v) is 6.89. The van der Waals surface area contributed by atoms with Crippen LogP contribution in [0.1, 0.15) is 29.8 Å². The van der Waals surface area contributed by atoms with Crippen molar-refractivity contribution in [1.82, 2.24) is 5.32 Å². The molecule has 0 spiro atoms. The molecular formula is C16H14Cl2NO. The predicted molar refractivity (Wildman–Crippen MR) is 82.2 cm³/mol. The van der Waals surface area contributed by atoms with Gasteiger partial charge in [-0.2, -0.15) is 0 Å². The summed E-state index contributed by atoms with van der Waals surface area (Å²) in [5, 5.41) is 4.06. The molecule has 0 bridgehead atoms. The van der Waals surface area contributed by atoms with Gasteiger partial charge in [-0.3, -0.25) is 4.79 Å². The number of amides is 1. The normalized spacial score (nSPS) is 11.2. The maximum Gasteiger partial charge on any atom is 0.251 e. The van der Waals surface area contributed by atoms with Crippen molar-refractivity contribution in [2.45, 2.75) is 19.4 Å². The molecule has 0 aliphatic heterocycles. The summed E-state index contributed by atoms with van der Waals surface area (Å²) < 4.78 is 0. The molecule has 2 nitrogen and oxygen atoms in total. The molecule has 103 valence electrons. The first-order valence-electron chi connectivity index (χ1n) is 6.14. The fraction of sp³-hybridized carbons (Fsp3) is 0.188. The van der Waals surface area contributed by atoms with Crippen LogP contribution in [0, 0.1) is 6.07 Å². The smallest absolute Gasteiger partial charge is 0.251 e. The largest absolute Gasteiger partial charge is 0.343 e. The molecule has 0 aliphatic rings. The fourth-order valence-corrected chi connectivity index (χ4v) is 2.41. The van der Waals surface area contributed by atoms with Gasteiger partial charge in [-0.05, 0) is 55.8 Å². The SMILES string of the molecule is CC(C)(NC(=O)c1cc[c]cc1)c1cc(Cl)cc(Cl)c1. The number of halogens is 2. The molecule has 0 fully saturated rings. The Morgan fingerprint density at radius 3 is 2.20 bits per heavy atom. The first kappa shape index (κ1) is 14.9. The lowest BCUT2D eigenvalue weighted by Gasteiger charge is -2.27. The van der Waals surface area contributed by atoms with Crippen molar-refractivity contribution in [2.75, 3.05) is 0 Å². The minimum Gasteiger partial charge on any atom is -0.343 e. The van der Waals surface area contributed by atoms with Crippen molar-refractivity contribution in [3.8, 4) is 0 Å². The fourth-order valence-electron chi connectivity index (χ4n) is 1.88. The van der Waals surface area contributed by atoms with E-state index < -0.39 is 5.54 Å². The van der Waals surface area contributed by atoms with Gasteiger partial charge in [-0.25, -0.2) is 0 Å². The van der Waals surface area contributed by atoms with Crippen molar-refractivity contribution in [1.29, 1.82) is 0 Å². The standard InChI is InChI=1S/C16H14Cl2NO/c1-16(2,12-8-13(17)10-14(18)9-12)19-15(20)11-6-4-3-5-7-11/h4-10H,1-2H3,(H,19,20). The molecule has 0 unspecified atom stereocenters. The zero-order valence-electron chi connectivity index (χ0n) is 11.2. The average molecular weight is 307 g/mol. The molecule has 0 saturated carbocycles. The van der Waals surface area contributed by atoms with E-state index in [4.69, 9.17) is 23.2 Å². The highest BCUT2D eigenvalue weighted by molar-refractivity contribution is 6.34. The Balaban J connectivity index is 2.24. The van der Waals surface area contributed by atoms with Gasteiger partial charge >= 0.3 is 0 Å². The molecule has 20 heavy (non-hydrogen) atoms. The lowest BCUT2D eigenvalue weighted by atomic mass is 9.94. The molecule has 2 rings (SSSR count). The summed E-state index contributed by atoms with van der Waals surface area (Å²) in [5.41, 5.74) is 0.862.